The summed E-state index contributed by atoms with van der Waals surface area (Å²) < 4.78 is 0. The van der Waals surface area contributed by atoms with Crippen molar-refractivity contribution in [3.63, 3.8) is 0 Å². The molecule has 0 aliphatic heterocycles. The van der Waals surface area contributed by atoms with Crippen LogP contribution in [0.3, 0.4) is 0 Å². The zero-order chi connectivity index (χ0) is 39.6. The second kappa shape index (κ2) is 13.4. The van der Waals surface area contributed by atoms with Crippen molar-refractivity contribution < 1.29 is 0 Å². The van der Waals surface area contributed by atoms with Crippen molar-refractivity contribution in [2.24, 2.45) is 0 Å². The lowest BCUT2D eigenvalue weighted by Crippen LogP contribution is -2.02. The molecule has 0 bridgehead atoms. The van der Waals surface area contributed by atoms with E-state index < -0.39 is 0 Å². The van der Waals surface area contributed by atoms with Crippen LogP contribution in [0.5, 0.6) is 0 Å². The van der Waals surface area contributed by atoms with Gasteiger partial charge in [-0.1, -0.05) is 48.5 Å². The van der Waals surface area contributed by atoms with E-state index in [1.807, 2.05) is 36.4 Å². The first-order chi connectivity index (χ1) is 29.7. The lowest BCUT2D eigenvalue weighted by molar-refractivity contribution is 1.06. The highest BCUT2D eigenvalue weighted by atomic mass is 15.1. The number of nitrogens with zero attached hydrogens (tertiary/aromatic N) is 14. The fraction of sp³-hybridized carbons (Fsp3) is 0. The Balaban J connectivity index is 1.09. The summed E-state index contributed by atoms with van der Waals surface area (Å²) in [6.07, 6.45) is 16.4. The van der Waals surface area contributed by atoms with E-state index in [1.165, 1.54) is 12.7 Å². The molecule has 0 aliphatic carbocycles. The first-order valence-electron chi connectivity index (χ1n) is 18.9. The molecule has 60 heavy (non-hydrogen) atoms. The highest BCUT2D eigenvalue weighted by Gasteiger charge is 2.22. The molecule has 0 saturated heterocycles. The Hall–Kier alpha value is -8.78. The number of rotatable bonds is 6. The van der Waals surface area contributed by atoms with E-state index in [-0.39, 0.29) is 0 Å². The molecule has 0 unspecified atom stereocenters. The van der Waals surface area contributed by atoms with Crippen molar-refractivity contribution in [3.05, 3.63) is 147 Å². The van der Waals surface area contributed by atoms with Crippen molar-refractivity contribution in [2.45, 2.75) is 0 Å². The molecule has 12 rings (SSSR count). The van der Waals surface area contributed by atoms with Gasteiger partial charge in [0.25, 0.3) is 0 Å². The fourth-order valence-electron chi connectivity index (χ4n) is 7.86. The predicted octanol–water partition coefficient (Wildman–Crippen LogP) is 8.42. The van der Waals surface area contributed by atoms with E-state index in [9.17, 15) is 0 Å². The van der Waals surface area contributed by atoms with Crippen LogP contribution in [0.25, 0.3) is 123 Å². The molecule has 6 heterocycles. The zero-order valence-corrected chi connectivity index (χ0v) is 31.1. The molecular weight excluding hydrogens is 749 g/mol. The molecule has 0 N–H and O–H groups in total. The molecular formula is C46H24N14. The summed E-state index contributed by atoms with van der Waals surface area (Å²) in [4.78, 5) is 65.5. The maximum absolute atomic E-state index is 5.12. The van der Waals surface area contributed by atoms with Crippen LogP contribution in [0.15, 0.2) is 147 Å². The average Bonchev–Trinajstić information content (AvgIpc) is 3.33. The number of benzene rings is 6. The molecule has 0 saturated carbocycles. The summed E-state index contributed by atoms with van der Waals surface area (Å²) >= 11 is 0. The number of hydrogen-bond acceptors (Lipinski definition) is 14. The minimum absolute atomic E-state index is 0.437. The molecule has 6 aromatic heterocycles. The van der Waals surface area contributed by atoms with Crippen LogP contribution < -0.4 is 0 Å². The molecule has 0 fully saturated rings. The van der Waals surface area contributed by atoms with Gasteiger partial charge in [0.05, 0.1) is 33.2 Å². The Kier molecular flexibility index (Phi) is 7.46. The molecule has 278 valence electrons. The van der Waals surface area contributed by atoms with Crippen molar-refractivity contribution >= 4 is 54.4 Å². The zero-order valence-electron chi connectivity index (χ0n) is 31.1. The normalized spacial score (nSPS) is 11.7. The van der Waals surface area contributed by atoms with Crippen LogP contribution in [0.2, 0.25) is 0 Å². The third-order valence-corrected chi connectivity index (χ3v) is 10.5. The smallest absolute Gasteiger partial charge is 0.167 e. The van der Waals surface area contributed by atoms with Crippen LogP contribution in [0.1, 0.15) is 0 Å². The van der Waals surface area contributed by atoms with Gasteiger partial charge in [0.15, 0.2) is 34.9 Å². The van der Waals surface area contributed by atoms with E-state index in [4.69, 9.17) is 29.9 Å². The van der Waals surface area contributed by atoms with Gasteiger partial charge in [0.2, 0.25) is 0 Å². The number of hydrogen-bond donors (Lipinski definition) is 0. The molecule has 6 aromatic carbocycles. The molecule has 0 radical (unpaired) electrons. The Bertz CT molecular complexity index is 3370. The van der Waals surface area contributed by atoms with Crippen molar-refractivity contribution in [1.82, 2.24) is 69.8 Å². The second-order valence-corrected chi connectivity index (χ2v) is 14.0. The summed E-state index contributed by atoms with van der Waals surface area (Å²) in [6.45, 7) is 0. The van der Waals surface area contributed by atoms with Gasteiger partial charge in [-0.2, -0.15) is 0 Å². The van der Waals surface area contributed by atoms with Gasteiger partial charge in [-0.25, -0.2) is 49.8 Å². The van der Waals surface area contributed by atoms with Gasteiger partial charge in [-0.15, -0.1) is 0 Å². The minimum Gasteiger partial charge on any atom is -0.253 e. The van der Waals surface area contributed by atoms with Crippen molar-refractivity contribution in [2.75, 3.05) is 0 Å². The Morgan fingerprint density at radius 1 is 0.317 bits per heavy atom. The summed E-state index contributed by atoms with van der Waals surface area (Å²) in [5.74, 6) is 2.78. The summed E-state index contributed by atoms with van der Waals surface area (Å²) in [6, 6.07) is 28.5. The largest absolute Gasteiger partial charge is 0.253 e. The molecule has 14 heteroatoms. The summed E-state index contributed by atoms with van der Waals surface area (Å²) in [5.41, 5.74) is 7.30. The lowest BCUT2D eigenvalue weighted by atomic mass is 9.89. The monoisotopic (exact) mass is 772 g/mol. The highest BCUT2D eigenvalue weighted by Crippen LogP contribution is 2.42. The third-order valence-electron chi connectivity index (χ3n) is 10.5. The number of aromatic nitrogens is 14. The van der Waals surface area contributed by atoms with Gasteiger partial charge >= 0.3 is 0 Å². The Morgan fingerprint density at radius 2 is 0.700 bits per heavy atom. The second-order valence-electron chi connectivity index (χ2n) is 14.0. The third kappa shape index (κ3) is 5.43. The summed E-state index contributed by atoms with van der Waals surface area (Å²) in [7, 11) is 0. The first kappa shape index (κ1) is 33.4. The Morgan fingerprint density at radius 3 is 1.15 bits per heavy atom. The lowest BCUT2D eigenvalue weighted by Gasteiger charge is -2.16. The van der Waals surface area contributed by atoms with Crippen molar-refractivity contribution in [3.8, 4) is 68.3 Å². The number of para-hydroxylation sites is 2. The maximum atomic E-state index is 5.12. The quantitative estimate of drug-likeness (QED) is 0.147. The molecule has 12 aromatic rings. The first-order valence-corrected chi connectivity index (χ1v) is 18.9. The topological polar surface area (TPSA) is 180 Å². The van der Waals surface area contributed by atoms with Gasteiger partial charge in [0.1, 0.15) is 12.7 Å². The predicted molar refractivity (Wildman–Crippen MR) is 227 cm³/mol. The molecule has 0 amide bonds. The minimum atomic E-state index is 0.437. The van der Waals surface area contributed by atoms with E-state index in [0.717, 1.165) is 65.6 Å². The molecule has 0 atom stereocenters. The van der Waals surface area contributed by atoms with E-state index in [0.29, 0.717) is 57.1 Å². The van der Waals surface area contributed by atoms with E-state index >= 15 is 0 Å². The summed E-state index contributed by atoms with van der Waals surface area (Å²) in [5, 5.41) is 6.19. The molecule has 0 spiro atoms. The van der Waals surface area contributed by atoms with Crippen LogP contribution in [0, 0.1) is 0 Å². The fourth-order valence-corrected chi connectivity index (χ4v) is 7.86. The van der Waals surface area contributed by atoms with Gasteiger partial charge in [-0.05, 0) is 68.7 Å². The van der Waals surface area contributed by atoms with Gasteiger partial charge in [0, 0.05) is 71.8 Å². The van der Waals surface area contributed by atoms with Crippen LogP contribution in [0.4, 0.5) is 0 Å². The van der Waals surface area contributed by atoms with Crippen LogP contribution in [-0.4, -0.2) is 69.8 Å². The molecule has 14 nitrogen and oxygen atoms in total. The van der Waals surface area contributed by atoms with Crippen LogP contribution >= 0.6 is 0 Å². The van der Waals surface area contributed by atoms with Gasteiger partial charge in [-0.3, -0.25) is 19.9 Å². The van der Waals surface area contributed by atoms with E-state index in [2.05, 4.69) is 88.4 Å². The number of fused-ring (bicyclic) bond motifs is 2. The SMILES string of the molecule is c1cc(-c2nc(-c3cncnc3)nc(-c3ccc4ccc5c(-c6nc(-c7cncnc7)nc(-c7cccc8nccnc78)n6)ccc6ccc3c4c65)n2)c2nccnc2c1. The van der Waals surface area contributed by atoms with Crippen molar-refractivity contribution in [1.29, 1.82) is 0 Å². The van der Waals surface area contributed by atoms with E-state index in [1.54, 1.807) is 49.6 Å². The van der Waals surface area contributed by atoms with Crippen LogP contribution in [-0.2, 0) is 0 Å². The average molecular weight is 773 g/mol. The van der Waals surface area contributed by atoms with Gasteiger partial charge < -0.3 is 0 Å². The Labute approximate surface area is 338 Å². The standard InChI is InChI=1S/C46H24N14/c1-3-33(39-35(5-1)51-15-17-53-39)45-57-41(27-19-47-23-48-20-27)55-43(59-45)31-13-9-25-8-12-30-32(14-10-26-7-11-29(31)37(25)38(26)30)44-56-42(28-21-49-24-50-22-28)58-46(60-44)34-4-2-6-36-40(34)54-18-16-52-36/h1-24H. The molecule has 0 aliphatic rings. The highest BCUT2D eigenvalue weighted by molar-refractivity contribution is 6.27. The maximum Gasteiger partial charge on any atom is 0.167 e.